The van der Waals surface area contributed by atoms with Crippen LogP contribution in [0.2, 0.25) is 0 Å². The second-order valence-corrected chi connectivity index (χ2v) is 6.53. The standard InChI is InChI=1S/C12H27NO/c1-10(2,3)11(4,5)8-13-12(6,7)9-14/h13-14H,8-9H2,1-7H3. The lowest BCUT2D eigenvalue weighted by molar-refractivity contribution is 0.102. The largest absolute Gasteiger partial charge is 0.394 e. The van der Waals surface area contributed by atoms with Crippen LogP contribution in [0.1, 0.15) is 48.5 Å². The van der Waals surface area contributed by atoms with Gasteiger partial charge in [-0.2, -0.15) is 0 Å². The van der Waals surface area contributed by atoms with Crippen molar-refractivity contribution in [2.45, 2.75) is 54.0 Å². The number of hydrogen-bond donors (Lipinski definition) is 2. The molecular weight excluding hydrogens is 174 g/mol. The maximum absolute atomic E-state index is 9.13. The van der Waals surface area contributed by atoms with Gasteiger partial charge in [-0.25, -0.2) is 0 Å². The average molecular weight is 201 g/mol. The SMILES string of the molecule is CC(C)(CO)NCC(C)(C)C(C)(C)C. The van der Waals surface area contributed by atoms with Crippen molar-refractivity contribution >= 4 is 0 Å². The van der Waals surface area contributed by atoms with E-state index in [1.807, 2.05) is 13.8 Å². The summed E-state index contributed by atoms with van der Waals surface area (Å²) < 4.78 is 0. The molecule has 0 spiro atoms. The van der Waals surface area contributed by atoms with Crippen LogP contribution in [-0.4, -0.2) is 23.8 Å². The Labute approximate surface area is 89.1 Å². The fourth-order valence-electron chi connectivity index (χ4n) is 0.781. The molecule has 0 saturated carbocycles. The molecule has 0 aromatic rings. The van der Waals surface area contributed by atoms with Gasteiger partial charge in [-0.15, -0.1) is 0 Å². The lowest BCUT2D eigenvalue weighted by atomic mass is 9.69. The van der Waals surface area contributed by atoms with E-state index in [-0.39, 0.29) is 23.0 Å². The third-order valence-corrected chi connectivity index (χ3v) is 3.43. The Kier molecular flexibility index (Phi) is 4.17. The van der Waals surface area contributed by atoms with Crippen molar-refractivity contribution in [3.63, 3.8) is 0 Å². The van der Waals surface area contributed by atoms with Crippen LogP contribution in [0.3, 0.4) is 0 Å². The van der Waals surface area contributed by atoms with Crippen molar-refractivity contribution in [1.82, 2.24) is 5.32 Å². The molecule has 0 fully saturated rings. The minimum Gasteiger partial charge on any atom is -0.394 e. The highest BCUT2D eigenvalue weighted by Gasteiger charge is 2.33. The second-order valence-electron chi connectivity index (χ2n) is 6.53. The van der Waals surface area contributed by atoms with Crippen molar-refractivity contribution in [3.8, 4) is 0 Å². The number of nitrogens with one attached hydrogen (secondary N) is 1. The van der Waals surface area contributed by atoms with E-state index >= 15 is 0 Å². The van der Waals surface area contributed by atoms with E-state index < -0.39 is 0 Å². The van der Waals surface area contributed by atoms with Crippen LogP contribution in [0.15, 0.2) is 0 Å². The molecule has 0 aromatic carbocycles. The Morgan fingerprint density at radius 2 is 1.36 bits per heavy atom. The normalized spacial score (nSPS) is 14.6. The monoisotopic (exact) mass is 201 g/mol. The van der Waals surface area contributed by atoms with Gasteiger partial charge in [0.05, 0.1) is 6.61 Å². The summed E-state index contributed by atoms with van der Waals surface area (Å²) in [4.78, 5) is 0. The molecule has 0 bridgehead atoms. The fourth-order valence-corrected chi connectivity index (χ4v) is 0.781. The highest BCUT2D eigenvalue weighted by molar-refractivity contribution is 4.87. The molecule has 0 aliphatic carbocycles. The minimum atomic E-state index is -0.178. The van der Waals surface area contributed by atoms with Crippen molar-refractivity contribution in [2.24, 2.45) is 10.8 Å². The van der Waals surface area contributed by atoms with Gasteiger partial charge in [0.2, 0.25) is 0 Å². The maximum Gasteiger partial charge on any atom is 0.0607 e. The van der Waals surface area contributed by atoms with Crippen molar-refractivity contribution in [1.29, 1.82) is 0 Å². The molecule has 0 aromatic heterocycles. The van der Waals surface area contributed by atoms with Gasteiger partial charge in [0.25, 0.3) is 0 Å². The lowest BCUT2D eigenvalue weighted by Gasteiger charge is -2.41. The summed E-state index contributed by atoms with van der Waals surface area (Å²) in [5.74, 6) is 0. The van der Waals surface area contributed by atoms with Gasteiger partial charge in [0.15, 0.2) is 0 Å². The molecule has 2 heteroatoms. The fraction of sp³-hybridized carbons (Fsp3) is 1.00. The third-order valence-electron chi connectivity index (χ3n) is 3.43. The summed E-state index contributed by atoms with van der Waals surface area (Å²) in [7, 11) is 0. The Morgan fingerprint density at radius 1 is 0.929 bits per heavy atom. The first kappa shape index (κ1) is 13.9. The molecule has 0 atom stereocenters. The molecule has 0 aliphatic rings. The van der Waals surface area contributed by atoms with Gasteiger partial charge >= 0.3 is 0 Å². The quantitative estimate of drug-likeness (QED) is 0.732. The van der Waals surface area contributed by atoms with E-state index in [1.165, 1.54) is 0 Å². The Bertz CT molecular complexity index is 177. The van der Waals surface area contributed by atoms with Crippen LogP contribution >= 0.6 is 0 Å². The van der Waals surface area contributed by atoms with Crippen LogP contribution in [0.5, 0.6) is 0 Å². The zero-order valence-electron chi connectivity index (χ0n) is 10.9. The lowest BCUT2D eigenvalue weighted by Crippen LogP contribution is -2.49. The van der Waals surface area contributed by atoms with Crippen LogP contribution in [0.4, 0.5) is 0 Å². The topological polar surface area (TPSA) is 32.3 Å². The molecule has 86 valence electrons. The van der Waals surface area contributed by atoms with Crippen LogP contribution in [0, 0.1) is 10.8 Å². The van der Waals surface area contributed by atoms with E-state index in [9.17, 15) is 0 Å². The molecule has 0 heterocycles. The molecule has 0 radical (unpaired) electrons. The molecule has 0 rings (SSSR count). The van der Waals surface area contributed by atoms with Crippen LogP contribution < -0.4 is 5.32 Å². The molecule has 2 N–H and O–H groups in total. The van der Waals surface area contributed by atoms with Crippen molar-refractivity contribution in [3.05, 3.63) is 0 Å². The van der Waals surface area contributed by atoms with E-state index in [0.29, 0.717) is 0 Å². The zero-order chi connectivity index (χ0) is 11.6. The van der Waals surface area contributed by atoms with E-state index in [4.69, 9.17) is 5.11 Å². The van der Waals surface area contributed by atoms with Gasteiger partial charge in [-0.3, -0.25) is 0 Å². The van der Waals surface area contributed by atoms with Gasteiger partial charge in [-0.1, -0.05) is 34.6 Å². The van der Waals surface area contributed by atoms with Crippen molar-refractivity contribution in [2.75, 3.05) is 13.2 Å². The summed E-state index contributed by atoms with van der Waals surface area (Å²) in [5.41, 5.74) is 0.313. The van der Waals surface area contributed by atoms with Crippen LogP contribution in [-0.2, 0) is 0 Å². The molecule has 0 aliphatic heterocycles. The molecule has 2 nitrogen and oxygen atoms in total. The van der Waals surface area contributed by atoms with Gasteiger partial charge in [-0.05, 0) is 24.7 Å². The molecule has 0 unspecified atom stereocenters. The Balaban J connectivity index is 4.27. The average Bonchev–Trinajstić information content (AvgIpc) is 1.99. The van der Waals surface area contributed by atoms with Gasteiger partial charge < -0.3 is 10.4 Å². The number of hydrogen-bond acceptors (Lipinski definition) is 2. The summed E-state index contributed by atoms with van der Waals surface area (Å²) >= 11 is 0. The zero-order valence-corrected chi connectivity index (χ0v) is 10.9. The molecular formula is C12H27NO. The maximum atomic E-state index is 9.13. The van der Waals surface area contributed by atoms with Gasteiger partial charge in [0.1, 0.15) is 0 Å². The first-order valence-corrected chi connectivity index (χ1v) is 5.38. The molecule has 0 saturated heterocycles. The minimum absolute atomic E-state index is 0.174. The summed E-state index contributed by atoms with van der Waals surface area (Å²) in [6, 6.07) is 0. The summed E-state index contributed by atoms with van der Waals surface area (Å²) in [6.07, 6.45) is 0. The second kappa shape index (κ2) is 4.19. The Hall–Kier alpha value is -0.0800. The smallest absolute Gasteiger partial charge is 0.0607 e. The van der Waals surface area contributed by atoms with E-state index in [2.05, 4.69) is 39.9 Å². The first-order chi connectivity index (χ1) is 6.02. The van der Waals surface area contributed by atoms with E-state index in [1.54, 1.807) is 0 Å². The number of aliphatic hydroxyl groups excluding tert-OH is 1. The van der Waals surface area contributed by atoms with E-state index in [0.717, 1.165) is 6.54 Å². The third kappa shape index (κ3) is 3.97. The highest BCUT2D eigenvalue weighted by atomic mass is 16.3. The number of aliphatic hydroxyl groups is 1. The highest BCUT2D eigenvalue weighted by Crippen LogP contribution is 2.37. The molecule has 14 heavy (non-hydrogen) atoms. The summed E-state index contributed by atoms with van der Waals surface area (Å²) in [5, 5.41) is 12.5. The number of rotatable bonds is 4. The molecule has 0 amide bonds. The summed E-state index contributed by atoms with van der Waals surface area (Å²) in [6.45, 7) is 16.4. The van der Waals surface area contributed by atoms with Crippen molar-refractivity contribution < 1.29 is 5.11 Å². The van der Waals surface area contributed by atoms with Gasteiger partial charge in [0, 0.05) is 12.1 Å². The predicted octanol–water partition coefficient (Wildman–Crippen LogP) is 2.42. The first-order valence-electron chi connectivity index (χ1n) is 5.38. The van der Waals surface area contributed by atoms with Crippen LogP contribution in [0.25, 0.3) is 0 Å². The Morgan fingerprint density at radius 3 is 1.64 bits per heavy atom. The predicted molar refractivity (Wildman–Crippen MR) is 62.4 cm³/mol.